The Morgan fingerprint density at radius 1 is 1.50 bits per heavy atom. The Balaban J connectivity index is 1.77. The second-order valence-electron chi connectivity index (χ2n) is 4.47. The summed E-state index contributed by atoms with van der Waals surface area (Å²) in [5.74, 6) is 2.01. The van der Waals surface area contributed by atoms with Crippen molar-refractivity contribution in [1.82, 2.24) is 10.1 Å². The average molecular weight is 225 g/mol. The first-order valence-electron chi connectivity index (χ1n) is 5.71. The van der Waals surface area contributed by atoms with Crippen molar-refractivity contribution in [1.29, 1.82) is 0 Å². The van der Waals surface area contributed by atoms with Gasteiger partial charge in [-0.05, 0) is 25.8 Å². The van der Waals surface area contributed by atoms with Crippen LogP contribution in [0.15, 0.2) is 10.6 Å². The minimum Gasteiger partial charge on any atom is -0.381 e. The molecule has 0 unspecified atom stereocenters. The van der Waals surface area contributed by atoms with Crippen molar-refractivity contribution in [2.75, 3.05) is 32.5 Å². The zero-order chi connectivity index (χ0) is 11.4. The maximum absolute atomic E-state index is 5.50. The van der Waals surface area contributed by atoms with Gasteiger partial charge in [0.2, 0.25) is 0 Å². The van der Waals surface area contributed by atoms with Crippen LogP contribution in [0.25, 0.3) is 0 Å². The number of rotatable bonds is 4. The van der Waals surface area contributed by atoms with E-state index in [-0.39, 0.29) is 0 Å². The van der Waals surface area contributed by atoms with E-state index in [1.807, 2.05) is 0 Å². The second-order valence-corrected chi connectivity index (χ2v) is 4.47. The van der Waals surface area contributed by atoms with Crippen molar-refractivity contribution < 1.29 is 9.26 Å². The molecule has 2 heterocycles. The van der Waals surface area contributed by atoms with Crippen LogP contribution in [0, 0.1) is 5.92 Å². The molecule has 1 saturated heterocycles. The number of nitrogens with zero attached hydrogens (tertiary/aromatic N) is 2. The molecular weight excluding hydrogens is 206 g/mol. The monoisotopic (exact) mass is 225 g/mol. The Hall–Kier alpha value is -1.07. The highest BCUT2D eigenvalue weighted by atomic mass is 16.5. The molecule has 5 heteroatoms. The number of hydrogen-bond donors (Lipinski definition) is 1. The van der Waals surface area contributed by atoms with E-state index in [0.29, 0.717) is 5.82 Å². The van der Waals surface area contributed by atoms with Crippen LogP contribution in [-0.2, 0) is 11.3 Å². The molecule has 0 aromatic carbocycles. The third-order valence-corrected chi connectivity index (χ3v) is 2.91. The normalized spacial score (nSPS) is 18.1. The van der Waals surface area contributed by atoms with Crippen LogP contribution in [0.1, 0.15) is 18.6 Å². The van der Waals surface area contributed by atoms with Gasteiger partial charge in [0.15, 0.2) is 11.6 Å². The van der Waals surface area contributed by atoms with Gasteiger partial charge in [-0.3, -0.25) is 4.90 Å². The van der Waals surface area contributed by atoms with Gasteiger partial charge in [0.1, 0.15) is 0 Å². The van der Waals surface area contributed by atoms with Crippen molar-refractivity contribution in [2.24, 2.45) is 5.92 Å². The summed E-state index contributed by atoms with van der Waals surface area (Å²) in [6, 6.07) is 1.78. The van der Waals surface area contributed by atoms with Crippen molar-refractivity contribution in [3.8, 4) is 0 Å². The average Bonchev–Trinajstić information content (AvgIpc) is 2.65. The van der Waals surface area contributed by atoms with Gasteiger partial charge in [-0.2, -0.15) is 0 Å². The van der Waals surface area contributed by atoms with Crippen molar-refractivity contribution >= 4 is 5.82 Å². The number of nitrogen functional groups attached to an aromatic ring is 1. The molecule has 0 aliphatic carbocycles. The maximum atomic E-state index is 5.50. The maximum Gasteiger partial charge on any atom is 0.167 e. The molecular formula is C11H19N3O2. The standard InChI is InChI=1S/C11H19N3O2/c1-14(7-9-2-4-15-5-3-9)8-10-6-11(12)13-16-10/h6,9H,2-5,7-8H2,1H3,(H2,12,13). The minimum atomic E-state index is 0.453. The van der Waals surface area contributed by atoms with Crippen molar-refractivity contribution in [3.05, 3.63) is 11.8 Å². The lowest BCUT2D eigenvalue weighted by Gasteiger charge is -2.26. The van der Waals surface area contributed by atoms with Crippen LogP contribution in [-0.4, -0.2) is 36.9 Å². The fraction of sp³-hybridized carbons (Fsp3) is 0.727. The zero-order valence-electron chi connectivity index (χ0n) is 9.69. The molecule has 2 rings (SSSR count). The van der Waals surface area contributed by atoms with E-state index in [1.54, 1.807) is 6.07 Å². The lowest BCUT2D eigenvalue weighted by atomic mass is 10.00. The van der Waals surface area contributed by atoms with E-state index in [1.165, 1.54) is 0 Å². The molecule has 16 heavy (non-hydrogen) atoms. The number of ether oxygens (including phenoxy) is 1. The van der Waals surface area contributed by atoms with E-state index < -0.39 is 0 Å². The van der Waals surface area contributed by atoms with Crippen LogP contribution >= 0.6 is 0 Å². The molecule has 0 atom stereocenters. The van der Waals surface area contributed by atoms with Crippen LogP contribution in [0.2, 0.25) is 0 Å². The highest BCUT2D eigenvalue weighted by molar-refractivity contribution is 5.26. The van der Waals surface area contributed by atoms with Crippen molar-refractivity contribution in [3.63, 3.8) is 0 Å². The molecule has 1 fully saturated rings. The molecule has 2 N–H and O–H groups in total. The van der Waals surface area contributed by atoms with Gasteiger partial charge in [0.25, 0.3) is 0 Å². The molecule has 0 bridgehead atoms. The highest BCUT2D eigenvalue weighted by Crippen LogP contribution is 2.16. The van der Waals surface area contributed by atoms with E-state index in [9.17, 15) is 0 Å². The summed E-state index contributed by atoms with van der Waals surface area (Å²) < 4.78 is 10.4. The van der Waals surface area contributed by atoms with Crippen LogP contribution in [0.5, 0.6) is 0 Å². The van der Waals surface area contributed by atoms with E-state index in [0.717, 1.165) is 50.8 Å². The third kappa shape index (κ3) is 3.21. The smallest absolute Gasteiger partial charge is 0.167 e. The van der Waals surface area contributed by atoms with Gasteiger partial charge in [0, 0.05) is 25.8 Å². The number of aromatic nitrogens is 1. The SMILES string of the molecule is CN(Cc1cc(N)no1)CC1CCOCC1. The van der Waals surface area contributed by atoms with Gasteiger partial charge < -0.3 is 15.0 Å². The molecule has 1 aliphatic heterocycles. The predicted molar refractivity (Wildman–Crippen MR) is 60.8 cm³/mol. The predicted octanol–water partition coefficient (Wildman–Crippen LogP) is 1.12. The van der Waals surface area contributed by atoms with Crippen molar-refractivity contribution in [2.45, 2.75) is 19.4 Å². The van der Waals surface area contributed by atoms with Crippen LogP contribution in [0.4, 0.5) is 5.82 Å². The Labute approximate surface area is 95.5 Å². The topological polar surface area (TPSA) is 64.5 Å². The van der Waals surface area contributed by atoms with Gasteiger partial charge in [0.05, 0.1) is 6.54 Å². The number of hydrogen-bond acceptors (Lipinski definition) is 5. The van der Waals surface area contributed by atoms with E-state index >= 15 is 0 Å². The summed E-state index contributed by atoms with van der Waals surface area (Å²) in [5.41, 5.74) is 5.50. The largest absolute Gasteiger partial charge is 0.381 e. The highest BCUT2D eigenvalue weighted by Gasteiger charge is 2.16. The molecule has 90 valence electrons. The third-order valence-electron chi connectivity index (χ3n) is 2.91. The molecule has 1 aromatic rings. The summed E-state index contributed by atoms with van der Waals surface area (Å²) in [6.07, 6.45) is 2.31. The molecule has 0 amide bonds. The summed E-state index contributed by atoms with van der Waals surface area (Å²) in [4.78, 5) is 2.25. The zero-order valence-corrected chi connectivity index (χ0v) is 9.69. The Bertz CT molecular complexity index is 321. The van der Waals surface area contributed by atoms with Gasteiger partial charge in [-0.1, -0.05) is 5.16 Å². The Kier molecular flexibility index (Phi) is 3.79. The van der Waals surface area contributed by atoms with E-state index in [2.05, 4.69) is 17.1 Å². The number of anilines is 1. The van der Waals surface area contributed by atoms with Crippen LogP contribution < -0.4 is 5.73 Å². The fourth-order valence-electron chi connectivity index (χ4n) is 2.10. The molecule has 1 aliphatic rings. The minimum absolute atomic E-state index is 0.453. The Morgan fingerprint density at radius 2 is 2.25 bits per heavy atom. The summed E-state index contributed by atoms with van der Waals surface area (Å²) in [6.45, 7) is 3.63. The Morgan fingerprint density at radius 3 is 2.88 bits per heavy atom. The van der Waals surface area contributed by atoms with Gasteiger partial charge >= 0.3 is 0 Å². The van der Waals surface area contributed by atoms with E-state index in [4.69, 9.17) is 15.0 Å². The molecule has 0 spiro atoms. The first-order chi connectivity index (χ1) is 7.74. The quantitative estimate of drug-likeness (QED) is 0.831. The molecule has 0 saturated carbocycles. The molecule has 5 nitrogen and oxygen atoms in total. The van der Waals surface area contributed by atoms with Gasteiger partial charge in [-0.25, -0.2) is 0 Å². The van der Waals surface area contributed by atoms with Gasteiger partial charge in [-0.15, -0.1) is 0 Å². The first-order valence-corrected chi connectivity index (χ1v) is 5.71. The summed E-state index contributed by atoms with van der Waals surface area (Å²) >= 11 is 0. The van der Waals surface area contributed by atoms with Crippen LogP contribution in [0.3, 0.4) is 0 Å². The lowest BCUT2D eigenvalue weighted by molar-refractivity contribution is 0.0540. The first kappa shape index (κ1) is 11.4. The molecule has 0 radical (unpaired) electrons. The lowest BCUT2D eigenvalue weighted by Crippen LogP contribution is -2.29. The number of nitrogens with two attached hydrogens (primary N) is 1. The summed E-state index contributed by atoms with van der Waals surface area (Å²) in [7, 11) is 2.09. The fourth-order valence-corrected chi connectivity index (χ4v) is 2.10. The summed E-state index contributed by atoms with van der Waals surface area (Å²) in [5, 5.41) is 3.67. The molecule has 1 aromatic heterocycles. The second kappa shape index (κ2) is 5.32.